The minimum Gasteiger partial charge on any atom is -0.368 e. The van der Waals surface area contributed by atoms with Gasteiger partial charge in [0.05, 0.1) is 10.3 Å². The molecule has 0 unspecified atom stereocenters. The Morgan fingerprint density at radius 3 is 2.46 bits per heavy atom. The van der Waals surface area contributed by atoms with E-state index in [2.05, 4.69) is 4.90 Å². The fourth-order valence-corrected chi connectivity index (χ4v) is 3.86. The average Bonchev–Trinajstić information content (AvgIpc) is 3.11. The smallest absolute Gasteiger partial charge is 0.271 e. The minimum atomic E-state index is -0.381. The molecule has 0 bridgehead atoms. The Kier molecular flexibility index (Phi) is 4.71. The molecule has 2 N–H and O–H groups in total. The second-order valence-corrected chi connectivity index (χ2v) is 6.75. The van der Waals surface area contributed by atoms with Crippen molar-refractivity contribution in [2.24, 2.45) is 11.1 Å². The summed E-state index contributed by atoms with van der Waals surface area (Å²) in [6.07, 6.45) is 3.95. The van der Waals surface area contributed by atoms with Crippen LogP contribution in [0, 0.1) is 15.5 Å². The Morgan fingerprint density at radius 2 is 1.88 bits per heavy atom. The number of carbonyl (C=O) groups excluding carboxylic acids is 1. The highest BCUT2D eigenvalue weighted by molar-refractivity contribution is 5.83. The predicted octanol–water partition coefficient (Wildman–Crippen LogP) is 1.76. The highest BCUT2D eigenvalue weighted by Gasteiger charge is 2.42. The van der Waals surface area contributed by atoms with Crippen molar-refractivity contribution in [1.29, 1.82) is 0 Å². The molecule has 0 spiro atoms. The molecule has 7 nitrogen and oxygen atoms in total. The molecule has 1 aliphatic heterocycles. The number of nitrogens with zero attached hydrogens (tertiary/aromatic N) is 3. The number of rotatable bonds is 4. The van der Waals surface area contributed by atoms with Gasteiger partial charge in [-0.2, -0.15) is 0 Å². The third-order valence-electron chi connectivity index (χ3n) is 5.38. The van der Waals surface area contributed by atoms with E-state index in [0.717, 1.165) is 31.4 Å². The van der Waals surface area contributed by atoms with E-state index in [9.17, 15) is 14.9 Å². The van der Waals surface area contributed by atoms with E-state index in [1.807, 2.05) is 11.0 Å². The van der Waals surface area contributed by atoms with Crippen molar-refractivity contribution in [2.45, 2.75) is 25.7 Å². The number of amides is 1. The molecule has 1 saturated carbocycles. The van der Waals surface area contributed by atoms with Gasteiger partial charge in [0, 0.05) is 50.5 Å². The van der Waals surface area contributed by atoms with Crippen molar-refractivity contribution in [3.05, 3.63) is 34.4 Å². The van der Waals surface area contributed by atoms with E-state index in [4.69, 9.17) is 5.73 Å². The highest BCUT2D eigenvalue weighted by atomic mass is 16.6. The van der Waals surface area contributed by atoms with E-state index in [1.54, 1.807) is 12.1 Å². The Balaban J connectivity index is 1.64. The van der Waals surface area contributed by atoms with Gasteiger partial charge in [0.2, 0.25) is 5.91 Å². The number of hydrogen-bond acceptors (Lipinski definition) is 5. The van der Waals surface area contributed by atoms with Crippen molar-refractivity contribution in [3.8, 4) is 0 Å². The minimum absolute atomic E-state index is 0.0963. The SMILES string of the molecule is NCC1(C(=O)N2CCN(c3cccc([N+](=O)[O-])c3)CC2)CCCC1. The van der Waals surface area contributed by atoms with Crippen LogP contribution in [0.4, 0.5) is 11.4 Å². The van der Waals surface area contributed by atoms with E-state index < -0.39 is 0 Å². The number of carbonyl (C=O) groups is 1. The molecule has 2 fully saturated rings. The summed E-state index contributed by atoms with van der Waals surface area (Å²) in [4.78, 5) is 27.4. The first-order valence-corrected chi connectivity index (χ1v) is 8.55. The van der Waals surface area contributed by atoms with Gasteiger partial charge in [-0.3, -0.25) is 14.9 Å². The lowest BCUT2D eigenvalue weighted by Gasteiger charge is -2.40. The van der Waals surface area contributed by atoms with Gasteiger partial charge in [0.15, 0.2) is 0 Å². The van der Waals surface area contributed by atoms with Crippen LogP contribution in [0.1, 0.15) is 25.7 Å². The van der Waals surface area contributed by atoms with Gasteiger partial charge >= 0.3 is 0 Å². The fraction of sp³-hybridized carbons (Fsp3) is 0.588. The van der Waals surface area contributed by atoms with Crippen LogP contribution in [0.3, 0.4) is 0 Å². The Labute approximate surface area is 141 Å². The van der Waals surface area contributed by atoms with Crippen LogP contribution in [-0.2, 0) is 4.79 Å². The third-order valence-corrected chi connectivity index (χ3v) is 5.38. The standard InChI is InChI=1S/C17H24N4O3/c18-13-17(6-1-2-7-17)16(22)20-10-8-19(9-11-20)14-4-3-5-15(12-14)21(23)24/h3-5,12H,1-2,6-11,13,18H2. The molecule has 1 aromatic carbocycles. The zero-order valence-corrected chi connectivity index (χ0v) is 13.8. The van der Waals surface area contributed by atoms with Gasteiger partial charge in [0.25, 0.3) is 5.69 Å². The topological polar surface area (TPSA) is 92.7 Å². The van der Waals surface area contributed by atoms with E-state index in [-0.39, 0.29) is 21.9 Å². The molecule has 24 heavy (non-hydrogen) atoms. The summed E-state index contributed by atoms with van der Waals surface area (Å²) in [7, 11) is 0. The first kappa shape index (κ1) is 16.7. The molecular formula is C17H24N4O3. The quantitative estimate of drug-likeness (QED) is 0.670. The molecule has 1 aromatic rings. The lowest BCUT2D eigenvalue weighted by Crippen LogP contribution is -2.54. The molecular weight excluding hydrogens is 308 g/mol. The number of non-ortho nitro benzene ring substituents is 1. The number of piperazine rings is 1. The van der Waals surface area contributed by atoms with Crippen LogP contribution in [0.2, 0.25) is 0 Å². The van der Waals surface area contributed by atoms with Crippen LogP contribution >= 0.6 is 0 Å². The number of nitro benzene ring substituents is 1. The predicted molar refractivity (Wildman–Crippen MR) is 91.8 cm³/mol. The van der Waals surface area contributed by atoms with Crippen molar-refractivity contribution in [1.82, 2.24) is 4.90 Å². The molecule has 2 aliphatic rings. The molecule has 0 aromatic heterocycles. The maximum absolute atomic E-state index is 12.9. The normalized spacial score (nSPS) is 20.2. The first-order valence-electron chi connectivity index (χ1n) is 8.55. The zero-order valence-electron chi connectivity index (χ0n) is 13.8. The van der Waals surface area contributed by atoms with E-state index >= 15 is 0 Å². The lowest BCUT2D eigenvalue weighted by molar-refractivity contribution is -0.384. The monoisotopic (exact) mass is 332 g/mol. The third kappa shape index (κ3) is 3.08. The van der Waals surface area contributed by atoms with Gasteiger partial charge in [0.1, 0.15) is 0 Å². The molecule has 1 aliphatic carbocycles. The van der Waals surface area contributed by atoms with Crippen molar-refractivity contribution >= 4 is 17.3 Å². The van der Waals surface area contributed by atoms with Crippen molar-refractivity contribution in [3.63, 3.8) is 0 Å². The van der Waals surface area contributed by atoms with Crippen LogP contribution in [-0.4, -0.2) is 48.5 Å². The maximum atomic E-state index is 12.9. The second kappa shape index (κ2) is 6.76. The summed E-state index contributed by atoms with van der Waals surface area (Å²) >= 11 is 0. The van der Waals surface area contributed by atoms with Crippen LogP contribution in [0.15, 0.2) is 24.3 Å². The van der Waals surface area contributed by atoms with Gasteiger partial charge < -0.3 is 15.5 Å². The summed E-state index contributed by atoms with van der Waals surface area (Å²) in [5, 5.41) is 10.9. The highest BCUT2D eigenvalue weighted by Crippen LogP contribution is 2.39. The molecule has 1 saturated heterocycles. The maximum Gasteiger partial charge on any atom is 0.271 e. The van der Waals surface area contributed by atoms with Crippen LogP contribution in [0.25, 0.3) is 0 Å². The molecule has 1 amide bonds. The van der Waals surface area contributed by atoms with Crippen LogP contribution in [0.5, 0.6) is 0 Å². The van der Waals surface area contributed by atoms with Gasteiger partial charge in [-0.15, -0.1) is 0 Å². The molecule has 0 atom stereocenters. The number of nitrogens with two attached hydrogens (primary N) is 1. The zero-order chi connectivity index (χ0) is 17.2. The number of benzene rings is 1. The molecule has 0 radical (unpaired) electrons. The lowest BCUT2D eigenvalue weighted by atomic mass is 9.84. The number of hydrogen-bond donors (Lipinski definition) is 1. The van der Waals surface area contributed by atoms with Gasteiger partial charge in [-0.1, -0.05) is 18.9 Å². The molecule has 130 valence electrons. The van der Waals surface area contributed by atoms with E-state index in [1.165, 1.54) is 6.07 Å². The first-order chi connectivity index (χ1) is 11.6. The van der Waals surface area contributed by atoms with Crippen LogP contribution < -0.4 is 10.6 Å². The number of nitro groups is 1. The Morgan fingerprint density at radius 1 is 1.21 bits per heavy atom. The molecule has 3 rings (SSSR count). The van der Waals surface area contributed by atoms with Crippen molar-refractivity contribution in [2.75, 3.05) is 37.6 Å². The summed E-state index contributed by atoms with van der Waals surface area (Å²) in [6.45, 7) is 3.09. The summed E-state index contributed by atoms with van der Waals surface area (Å²) < 4.78 is 0. The fourth-order valence-electron chi connectivity index (χ4n) is 3.86. The summed E-state index contributed by atoms with van der Waals surface area (Å²) in [5.74, 6) is 0.196. The van der Waals surface area contributed by atoms with Gasteiger partial charge in [-0.05, 0) is 18.9 Å². The average molecular weight is 332 g/mol. The Bertz CT molecular complexity index is 620. The molecule has 7 heteroatoms. The summed E-state index contributed by atoms with van der Waals surface area (Å²) in [6, 6.07) is 6.67. The van der Waals surface area contributed by atoms with Crippen molar-refractivity contribution < 1.29 is 9.72 Å². The Hall–Kier alpha value is -2.15. The van der Waals surface area contributed by atoms with E-state index in [0.29, 0.717) is 32.7 Å². The summed E-state index contributed by atoms with van der Waals surface area (Å²) in [5.41, 5.74) is 6.50. The number of anilines is 1. The van der Waals surface area contributed by atoms with Gasteiger partial charge in [-0.25, -0.2) is 0 Å². The second-order valence-electron chi connectivity index (χ2n) is 6.75. The largest absolute Gasteiger partial charge is 0.368 e. The molecule has 1 heterocycles.